The predicted molar refractivity (Wildman–Crippen MR) is 53.5 cm³/mol. The first-order valence-corrected chi connectivity index (χ1v) is 4.49. The lowest BCUT2D eigenvalue weighted by Gasteiger charge is -2.02. The Kier molecular flexibility index (Phi) is 4.89. The summed E-state index contributed by atoms with van der Waals surface area (Å²) in [5.74, 6) is 0.00158. The van der Waals surface area contributed by atoms with Gasteiger partial charge in [-0.25, -0.2) is 0 Å². The SMILES string of the molecule is COCCOCC(=O)c1ccccc1. The van der Waals surface area contributed by atoms with E-state index >= 15 is 0 Å². The van der Waals surface area contributed by atoms with Crippen molar-refractivity contribution in [3.05, 3.63) is 35.9 Å². The van der Waals surface area contributed by atoms with Crippen molar-refractivity contribution in [2.75, 3.05) is 26.9 Å². The number of Topliss-reactive ketones (excluding diaryl/α,β-unsaturated/α-hetero) is 1. The number of carbonyl (C=O) groups excluding carboxylic acids is 1. The summed E-state index contributed by atoms with van der Waals surface area (Å²) >= 11 is 0. The van der Waals surface area contributed by atoms with Crippen molar-refractivity contribution < 1.29 is 14.3 Å². The molecular formula is C11H14O3. The van der Waals surface area contributed by atoms with Gasteiger partial charge in [0.15, 0.2) is 5.78 Å². The van der Waals surface area contributed by atoms with E-state index in [4.69, 9.17) is 9.47 Å². The molecule has 0 spiro atoms. The van der Waals surface area contributed by atoms with Gasteiger partial charge in [0.05, 0.1) is 13.2 Å². The van der Waals surface area contributed by atoms with Crippen LogP contribution in [0.25, 0.3) is 0 Å². The Morgan fingerprint density at radius 3 is 2.57 bits per heavy atom. The number of rotatable bonds is 6. The molecule has 0 bridgehead atoms. The molecule has 0 saturated heterocycles. The van der Waals surface area contributed by atoms with Gasteiger partial charge in [0.2, 0.25) is 0 Å². The minimum absolute atomic E-state index is 0.00158. The molecule has 0 heterocycles. The zero-order valence-electron chi connectivity index (χ0n) is 8.23. The lowest BCUT2D eigenvalue weighted by Crippen LogP contribution is -2.11. The molecule has 3 nitrogen and oxygen atoms in total. The lowest BCUT2D eigenvalue weighted by atomic mass is 10.1. The number of benzene rings is 1. The molecule has 0 radical (unpaired) electrons. The van der Waals surface area contributed by atoms with Gasteiger partial charge in [0, 0.05) is 12.7 Å². The average Bonchev–Trinajstić information content (AvgIpc) is 2.25. The summed E-state index contributed by atoms with van der Waals surface area (Å²) in [7, 11) is 1.60. The second-order valence-electron chi connectivity index (χ2n) is 2.83. The normalized spacial score (nSPS) is 10.1. The Labute approximate surface area is 83.6 Å². The fourth-order valence-corrected chi connectivity index (χ4v) is 1.01. The lowest BCUT2D eigenvalue weighted by molar-refractivity contribution is 0.0577. The smallest absolute Gasteiger partial charge is 0.188 e. The number of methoxy groups -OCH3 is 1. The van der Waals surface area contributed by atoms with Crippen LogP contribution in [0, 0.1) is 0 Å². The molecule has 1 aromatic rings. The second-order valence-corrected chi connectivity index (χ2v) is 2.83. The Balaban J connectivity index is 2.29. The van der Waals surface area contributed by atoms with E-state index in [-0.39, 0.29) is 12.4 Å². The zero-order valence-corrected chi connectivity index (χ0v) is 8.23. The van der Waals surface area contributed by atoms with Crippen molar-refractivity contribution >= 4 is 5.78 Å². The fourth-order valence-electron chi connectivity index (χ4n) is 1.01. The molecule has 0 aliphatic rings. The highest BCUT2D eigenvalue weighted by Gasteiger charge is 2.03. The minimum atomic E-state index is 0.00158. The molecular weight excluding hydrogens is 180 g/mol. The molecule has 0 aliphatic carbocycles. The van der Waals surface area contributed by atoms with Crippen LogP contribution in [0.2, 0.25) is 0 Å². The van der Waals surface area contributed by atoms with Crippen molar-refractivity contribution in [2.24, 2.45) is 0 Å². The third-order valence-corrected chi connectivity index (χ3v) is 1.76. The third-order valence-electron chi connectivity index (χ3n) is 1.76. The van der Waals surface area contributed by atoms with E-state index in [2.05, 4.69) is 0 Å². The van der Waals surface area contributed by atoms with E-state index in [0.29, 0.717) is 18.8 Å². The van der Waals surface area contributed by atoms with Gasteiger partial charge in [-0.3, -0.25) is 4.79 Å². The zero-order chi connectivity index (χ0) is 10.2. The molecule has 1 aromatic carbocycles. The largest absolute Gasteiger partial charge is 0.382 e. The molecule has 0 atom stereocenters. The van der Waals surface area contributed by atoms with E-state index in [1.54, 1.807) is 19.2 Å². The first kappa shape index (κ1) is 10.9. The number of carbonyl (C=O) groups is 1. The Morgan fingerprint density at radius 2 is 1.93 bits per heavy atom. The summed E-state index contributed by atoms with van der Waals surface area (Å²) in [6.07, 6.45) is 0. The van der Waals surface area contributed by atoms with Crippen LogP contribution in [0.3, 0.4) is 0 Å². The molecule has 0 aromatic heterocycles. The van der Waals surface area contributed by atoms with Crippen LogP contribution in [0.15, 0.2) is 30.3 Å². The average molecular weight is 194 g/mol. The first-order valence-electron chi connectivity index (χ1n) is 4.49. The quantitative estimate of drug-likeness (QED) is 0.509. The van der Waals surface area contributed by atoms with Gasteiger partial charge in [0.25, 0.3) is 0 Å². The molecule has 76 valence electrons. The van der Waals surface area contributed by atoms with Gasteiger partial charge in [-0.1, -0.05) is 30.3 Å². The van der Waals surface area contributed by atoms with Crippen LogP contribution < -0.4 is 0 Å². The molecule has 0 aliphatic heterocycles. The Bertz CT molecular complexity index is 269. The molecule has 1 rings (SSSR count). The van der Waals surface area contributed by atoms with Crippen molar-refractivity contribution in [3.8, 4) is 0 Å². The summed E-state index contributed by atoms with van der Waals surface area (Å²) in [6, 6.07) is 9.11. The minimum Gasteiger partial charge on any atom is -0.382 e. The van der Waals surface area contributed by atoms with Gasteiger partial charge in [0.1, 0.15) is 6.61 Å². The highest BCUT2D eigenvalue weighted by Crippen LogP contribution is 1.99. The summed E-state index contributed by atoms with van der Waals surface area (Å²) < 4.78 is 9.91. The van der Waals surface area contributed by atoms with E-state index in [9.17, 15) is 4.79 Å². The molecule has 0 fully saturated rings. The van der Waals surface area contributed by atoms with Crippen LogP contribution >= 0.6 is 0 Å². The molecule has 0 saturated carbocycles. The molecule has 14 heavy (non-hydrogen) atoms. The molecule has 0 unspecified atom stereocenters. The van der Waals surface area contributed by atoms with Crippen LogP contribution in [-0.2, 0) is 9.47 Å². The van der Waals surface area contributed by atoms with Crippen LogP contribution in [0.4, 0.5) is 0 Å². The predicted octanol–water partition coefficient (Wildman–Crippen LogP) is 1.53. The maximum atomic E-state index is 11.4. The van der Waals surface area contributed by atoms with Crippen molar-refractivity contribution in [1.29, 1.82) is 0 Å². The topological polar surface area (TPSA) is 35.5 Å². The summed E-state index contributed by atoms with van der Waals surface area (Å²) in [5, 5.41) is 0. The number of ether oxygens (including phenoxy) is 2. The standard InChI is InChI=1S/C11H14O3/c1-13-7-8-14-9-11(12)10-5-3-2-4-6-10/h2-6H,7-9H2,1H3. The van der Waals surface area contributed by atoms with Gasteiger partial charge >= 0.3 is 0 Å². The maximum absolute atomic E-state index is 11.4. The van der Waals surface area contributed by atoms with Crippen LogP contribution in [-0.4, -0.2) is 32.7 Å². The first-order chi connectivity index (χ1) is 6.84. The molecule has 3 heteroatoms. The highest BCUT2D eigenvalue weighted by molar-refractivity contribution is 5.96. The van der Waals surface area contributed by atoms with Crippen LogP contribution in [0.5, 0.6) is 0 Å². The summed E-state index contributed by atoms with van der Waals surface area (Å²) in [5.41, 5.74) is 0.685. The van der Waals surface area contributed by atoms with Gasteiger partial charge in [-0.2, -0.15) is 0 Å². The van der Waals surface area contributed by atoms with E-state index < -0.39 is 0 Å². The monoisotopic (exact) mass is 194 g/mol. The van der Waals surface area contributed by atoms with Crippen LogP contribution in [0.1, 0.15) is 10.4 Å². The van der Waals surface area contributed by atoms with Gasteiger partial charge in [-0.15, -0.1) is 0 Å². The van der Waals surface area contributed by atoms with Crippen molar-refractivity contribution in [3.63, 3.8) is 0 Å². The second kappa shape index (κ2) is 6.29. The van der Waals surface area contributed by atoms with Gasteiger partial charge in [-0.05, 0) is 0 Å². The number of hydrogen-bond acceptors (Lipinski definition) is 3. The Morgan fingerprint density at radius 1 is 1.21 bits per heavy atom. The van der Waals surface area contributed by atoms with E-state index in [1.807, 2.05) is 18.2 Å². The van der Waals surface area contributed by atoms with E-state index in [0.717, 1.165) is 0 Å². The van der Waals surface area contributed by atoms with E-state index in [1.165, 1.54) is 0 Å². The Hall–Kier alpha value is -1.19. The third kappa shape index (κ3) is 3.68. The number of ketones is 1. The van der Waals surface area contributed by atoms with Gasteiger partial charge < -0.3 is 9.47 Å². The highest BCUT2D eigenvalue weighted by atomic mass is 16.5. The molecule has 0 N–H and O–H groups in total. The molecule has 0 amide bonds. The maximum Gasteiger partial charge on any atom is 0.188 e. The van der Waals surface area contributed by atoms with Crippen molar-refractivity contribution in [1.82, 2.24) is 0 Å². The fraction of sp³-hybridized carbons (Fsp3) is 0.364. The van der Waals surface area contributed by atoms with Crippen molar-refractivity contribution in [2.45, 2.75) is 0 Å². The summed E-state index contributed by atoms with van der Waals surface area (Å²) in [6.45, 7) is 1.09. The number of hydrogen-bond donors (Lipinski definition) is 0. The summed E-state index contributed by atoms with van der Waals surface area (Å²) in [4.78, 5) is 11.4.